The number of halogens is 2. The zero-order chi connectivity index (χ0) is 21.0. The van der Waals surface area contributed by atoms with E-state index in [1.165, 1.54) is 12.1 Å². The molecule has 10 heteroatoms. The fourth-order valence-corrected chi connectivity index (χ4v) is 3.43. The van der Waals surface area contributed by atoms with Gasteiger partial charge in [-0.3, -0.25) is 14.9 Å². The minimum Gasteiger partial charge on any atom is -0.479 e. The fourth-order valence-electron chi connectivity index (χ4n) is 2.98. The summed E-state index contributed by atoms with van der Waals surface area (Å²) in [6.45, 7) is 4.44. The van der Waals surface area contributed by atoms with Crippen molar-refractivity contribution in [1.82, 2.24) is 5.32 Å². The summed E-state index contributed by atoms with van der Waals surface area (Å²) in [5.41, 5.74) is 0.795. The van der Waals surface area contributed by atoms with Gasteiger partial charge in [0.15, 0.2) is 6.10 Å². The van der Waals surface area contributed by atoms with Crippen LogP contribution >= 0.6 is 23.2 Å². The van der Waals surface area contributed by atoms with Crippen molar-refractivity contribution in [3.63, 3.8) is 0 Å². The highest BCUT2D eigenvalue weighted by Crippen LogP contribution is 2.32. The van der Waals surface area contributed by atoms with Gasteiger partial charge in [0.2, 0.25) is 0 Å². The molecule has 0 spiro atoms. The summed E-state index contributed by atoms with van der Waals surface area (Å²) in [5.74, 6) is -0.140. The first-order chi connectivity index (χ1) is 13.8. The van der Waals surface area contributed by atoms with Gasteiger partial charge in [-0.25, -0.2) is 0 Å². The van der Waals surface area contributed by atoms with E-state index in [-0.39, 0.29) is 10.7 Å². The number of piperazine rings is 1. The van der Waals surface area contributed by atoms with Crippen LogP contribution in [0, 0.1) is 10.1 Å². The second kappa shape index (κ2) is 9.30. The molecule has 0 radical (unpaired) electrons. The van der Waals surface area contributed by atoms with Gasteiger partial charge in [0.25, 0.3) is 11.6 Å². The van der Waals surface area contributed by atoms with E-state index in [2.05, 4.69) is 10.6 Å². The predicted molar refractivity (Wildman–Crippen MR) is 113 cm³/mol. The van der Waals surface area contributed by atoms with Crippen LogP contribution in [-0.4, -0.2) is 43.1 Å². The first kappa shape index (κ1) is 21.2. The van der Waals surface area contributed by atoms with E-state index in [4.69, 9.17) is 27.9 Å². The second-order valence-corrected chi connectivity index (χ2v) is 7.37. The van der Waals surface area contributed by atoms with Gasteiger partial charge in [-0.1, -0.05) is 23.2 Å². The van der Waals surface area contributed by atoms with Gasteiger partial charge in [0.1, 0.15) is 11.4 Å². The highest BCUT2D eigenvalue weighted by molar-refractivity contribution is 6.35. The maximum atomic E-state index is 12.5. The Morgan fingerprint density at radius 3 is 2.62 bits per heavy atom. The summed E-state index contributed by atoms with van der Waals surface area (Å²) in [5, 5.41) is 18.1. The average molecular weight is 439 g/mol. The van der Waals surface area contributed by atoms with Gasteiger partial charge in [0, 0.05) is 43.0 Å². The quantitative estimate of drug-likeness (QED) is 0.526. The number of carbonyl (C=O) groups excluding carboxylic acids is 1. The first-order valence-electron chi connectivity index (χ1n) is 9.02. The van der Waals surface area contributed by atoms with E-state index in [0.717, 1.165) is 13.1 Å². The Hall–Kier alpha value is -2.55. The molecule has 1 aliphatic heterocycles. The molecule has 0 unspecified atom stereocenters. The van der Waals surface area contributed by atoms with E-state index in [1.807, 2.05) is 4.90 Å². The summed E-state index contributed by atoms with van der Waals surface area (Å²) in [7, 11) is 0. The Labute approximate surface area is 177 Å². The number of anilines is 2. The van der Waals surface area contributed by atoms with Crippen LogP contribution < -0.4 is 20.3 Å². The van der Waals surface area contributed by atoms with Crippen LogP contribution in [0.4, 0.5) is 17.1 Å². The minimum absolute atomic E-state index is 0.0565. The van der Waals surface area contributed by atoms with Crippen LogP contribution in [0.3, 0.4) is 0 Å². The lowest BCUT2D eigenvalue weighted by atomic mass is 10.2. The number of hydrogen-bond donors (Lipinski definition) is 2. The zero-order valence-corrected chi connectivity index (χ0v) is 17.2. The number of nitro benzene ring substituents is 1. The van der Waals surface area contributed by atoms with Crippen molar-refractivity contribution in [1.29, 1.82) is 0 Å². The molecule has 2 aromatic rings. The Bertz CT molecular complexity index is 919. The Morgan fingerprint density at radius 2 is 1.97 bits per heavy atom. The number of nitrogens with one attached hydrogen (secondary N) is 2. The number of benzene rings is 2. The molecule has 2 aromatic carbocycles. The van der Waals surface area contributed by atoms with Crippen LogP contribution in [0.25, 0.3) is 0 Å². The lowest BCUT2D eigenvalue weighted by Gasteiger charge is -2.29. The van der Waals surface area contributed by atoms with Crippen molar-refractivity contribution in [2.45, 2.75) is 13.0 Å². The summed E-state index contributed by atoms with van der Waals surface area (Å²) >= 11 is 11.9. The second-order valence-electron chi connectivity index (χ2n) is 6.52. The Balaban J connectivity index is 1.72. The number of hydrogen-bond acceptors (Lipinski definition) is 6. The van der Waals surface area contributed by atoms with Gasteiger partial charge in [-0.15, -0.1) is 0 Å². The zero-order valence-electron chi connectivity index (χ0n) is 15.7. The summed E-state index contributed by atoms with van der Waals surface area (Å²) in [6, 6.07) is 9.34. The summed E-state index contributed by atoms with van der Waals surface area (Å²) in [4.78, 5) is 25.5. The molecule has 0 aromatic heterocycles. The Kier molecular flexibility index (Phi) is 6.79. The number of rotatable bonds is 6. The number of amides is 1. The van der Waals surface area contributed by atoms with E-state index in [1.54, 1.807) is 31.2 Å². The number of ether oxygens (including phenoxy) is 1. The molecule has 1 saturated heterocycles. The first-order valence-corrected chi connectivity index (χ1v) is 9.77. The predicted octanol–water partition coefficient (Wildman–Crippen LogP) is 3.72. The molecule has 1 heterocycles. The van der Waals surface area contributed by atoms with Gasteiger partial charge in [0.05, 0.1) is 9.95 Å². The third-order valence-corrected chi connectivity index (χ3v) is 4.99. The van der Waals surface area contributed by atoms with Crippen molar-refractivity contribution in [3.05, 3.63) is 56.6 Å². The van der Waals surface area contributed by atoms with Crippen LogP contribution in [0.1, 0.15) is 6.92 Å². The molecule has 8 nitrogen and oxygen atoms in total. The smallest absolute Gasteiger partial charge is 0.294 e. The number of nitrogens with zero attached hydrogens (tertiary/aromatic N) is 2. The van der Waals surface area contributed by atoms with E-state index in [9.17, 15) is 14.9 Å². The van der Waals surface area contributed by atoms with Gasteiger partial charge >= 0.3 is 0 Å². The molecule has 2 N–H and O–H groups in total. The topological polar surface area (TPSA) is 96.7 Å². The monoisotopic (exact) mass is 438 g/mol. The maximum absolute atomic E-state index is 12.5. The molecule has 1 atom stereocenters. The molecule has 1 aliphatic rings. The van der Waals surface area contributed by atoms with Crippen molar-refractivity contribution >= 4 is 46.2 Å². The summed E-state index contributed by atoms with van der Waals surface area (Å²) < 4.78 is 5.58. The van der Waals surface area contributed by atoms with Crippen LogP contribution in [0.2, 0.25) is 10.0 Å². The molecule has 0 aliphatic carbocycles. The van der Waals surface area contributed by atoms with Crippen molar-refractivity contribution in [2.75, 3.05) is 36.4 Å². The van der Waals surface area contributed by atoms with Crippen LogP contribution in [0.5, 0.6) is 5.75 Å². The molecular formula is C19H20Cl2N4O4. The van der Waals surface area contributed by atoms with E-state index < -0.39 is 16.9 Å². The molecule has 29 heavy (non-hydrogen) atoms. The lowest BCUT2D eigenvalue weighted by Crippen LogP contribution is -2.43. The highest BCUT2D eigenvalue weighted by atomic mass is 35.5. The van der Waals surface area contributed by atoms with Gasteiger partial charge < -0.3 is 20.3 Å². The number of nitro groups is 1. The van der Waals surface area contributed by atoms with Crippen LogP contribution in [0.15, 0.2) is 36.4 Å². The molecule has 0 bridgehead atoms. The van der Waals surface area contributed by atoms with Crippen molar-refractivity contribution < 1.29 is 14.5 Å². The van der Waals surface area contributed by atoms with Gasteiger partial charge in [-0.05, 0) is 37.3 Å². The lowest BCUT2D eigenvalue weighted by molar-refractivity contribution is -0.384. The maximum Gasteiger partial charge on any atom is 0.294 e. The van der Waals surface area contributed by atoms with E-state index in [0.29, 0.717) is 35.2 Å². The summed E-state index contributed by atoms with van der Waals surface area (Å²) in [6.07, 6.45) is -0.874. The molecule has 154 valence electrons. The largest absolute Gasteiger partial charge is 0.479 e. The average Bonchev–Trinajstić information content (AvgIpc) is 2.70. The SMILES string of the molecule is C[C@H](Oc1ccc(Cl)cc1Cl)C(=O)Nc1ccc(N2CCNCC2)c([N+](=O)[O-])c1. The Morgan fingerprint density at radius 1 is 1.24 bits per heavy atom. The molecule has 0 saturated carbocycles. The van der Waals surface area contributed by atoms with E-state index >= 15 is 0 Å². The van der Waals surface area contributed by atoms with Crippen molar-refractivity contribution in [2.24, 2.45) is 0 Å². The standard InChI is InChI=1S/C19H20Cl2N4O4/c1-12(29-18-5-2-13(20)10-15(18)21)19(26)23-14-3-4-16(17(11-14)25(27)28)24-8-6-22-7-9-24/h2-5,10-12,22H,6-9H2,1H3,(H,23,26)/t12-/m0/s1. The number of carbonyl (C=O) groups is 1. The van der Waals surface area contributed by atoms with Gasteiger partial charge in [-0.2, -0.15) is 0 Å². The fraction of sp³-hybridized carbons (Fsp3) is 0.316. The normalized spacial score (nSPS) is 14.9. The molecular weight excluding hydrogens is 419 g/mol. The molecule has 1 amide bonds. The van der Waals surface area contributed by atoms with Crippen LogP contribution in [-0.2, 0) is 4.79 Å². The minimum atomic E-state index is -0.874. The highest BCUT2D eigenvalue weighted by Gasteiger charge is 2.23. The third kappa shape index (κ3) is 5.29. The van der Waals surface area contributed by atoms with Crippen molar-refractivity contribution in [3.8, 4) is 5.75 Å². The molecule has 3 rings (SSSR count). The third-order valence-electron chi connectivity index (χ3n) is 4.46. The molecule has 1 fully saturated rings.